The summed E-state index contributed by atoms with van der Waals surface area (Å²) in [5.74, 6) is 0.500. The highest BCUT2D eigenvalue weighted by Gasteiger charge is 2.30. The fourth-order valence-electron chi connectivity index (χ4n) is 2.98. The van der Waals surface area contributed by atoms with Crippen molar-refractivity contribution in [3.63, 3.8) is 0 Å². The van der Waals surface area contributed by atoms with Gasteiger partial charge in [-0.1, -0.05) is 31.2 Å². The van der Waals surface area contributed by atoms with E-state index >= 15 is 0 Å². The second-order valence-electron chi connectivity index (χ2n) is 5.92. The Morgan fingerprint density at radius 2 is 2.15 bits per heavy atom. The Bertz CT molecular complexity index is 587. The Kier molecular flexibility index (Phi) is 3.62. The van der Waals surface area contributed by atoms with Crippen molar-refractivity contribution in [3.05, 3.63) is 53.3 Å². The maximum atomic E-state index is 6.39. The Balaban J connectivity index is 1.66. The van der Waals surface area contributed by atoms with E-state index in [1.807, 2.05) is 0 Å². The molecule has 0 amide bonds. The van der Waals surface area contributed by atoms with Crippen LogP contribution in [-0.2, 0) is 12.8 Å². The van der Waals surface area contributed by atoms with Crippen molar-refractivity contribution in [2.24, 2.45) is 5.73 Å². The first-order valence-corrected chi connectivity index (χ1v) is 7.56. The van der Waals surface area contributed by atoms with Crippen LogP contribution in [0, 0.1) is 0 Å². The number of nitrogens with zero attached hydrogens (tertiary/aromatic N) is 2. The highest BCUT2D eigenvalue weighted by atomic mass is 15.3. The SMILES string of the molecule is CCC(C)n1ccc(CC(N)C2Cc3ccccc32)n1. The van der Waals surface area contributed by atoms with Crippen LogP contribution in [0.15, 0.2) is 36.5 Å². The van der Waals surface area contributed by atoms with Crippen molar-refractivity contribution in [2.45, 2.75) is 51.1 Å². The van der Waals surface area contributed by atoms with Crippen molar-refractivity contribution in [3.8, 4) is 0 Å². The zero-order valence-corrected chi connectivity index (χ0v) is 12.3. The van der Waals surface area contributed by atoms with Crippen LogP contribution >= 0.6 is 0 Å². The molecule has 3 unspecified atom stereocenters. The lowest BCUT2D eigenvalue weighted by molar-refractivity contribution is 0.454. The van der Waals surface area contributed by atoms with E-state index in [-0.39, 0.29) is 6.04 Å². The first-order valence-electron chi connectivity index (χ1n) is 7.56. The molecule has 0 bridgehead atoms. The molecule has 0 spiro atoms. The van der Waals surface area contributed by atoms with Crippen LogP contribution in [-0.4, -0.2) is 15.8 Å². The number of nitrogens with two attached hydrogens (primary N) is 1. The monoisotopic (exact) mass is 269 g/mol. The van der Waals surface area contributed by atoms with E-state index in [4.69, 9.17) is 5.73 Å². The maximum absolute atomic E-state index is 6.39. The molecule has 2 N–H and O–H groups in total. The van der Waals surface area contributed by atoms with Crippen LogP contribution in [0.5, 0.6) is 0 Å². The van der Waals surface area contributed by atoms with Gasteiger partial charge < -0.3 is 5.73 Å². The molecule has 0 fully saturated rings. The molecule has 2 aromatic rings. The van der Waals surface area contributed by atoms with Gasteiger partial charge >= 0.3 is 0 Å². The van der Waals surface area contributed by atoms with E-state index in [9.17, 15) is 0 Å². The van der Waals surface area contributed by atoms with Crippen molar-refractivity contribution in [2.75, 3.05) is 0 Å². The largest absolute Gasteiger partial charge is 0.327 e. The summed E-state index contributed by atoms with van der Waals surface area (Å²) in [7, 11) is 0. The van der Waals surface area contributed by atoms with Gasteiger partial charge in [-0.15, -0.1) is 0 Å². The summed E-state index contributed by atoms with van der Waals surface area (Å²) in [6.07, 6.45) is 5.15. The normalized spacial score (nSPS) is 20.1. The molecule has 1 aliphatic rings. The van der Waals surface area contributed by atoms with Gasteiger partial charge in [-0.2, -0.15) is 5.10 Å². The molecular weight excluding hydrogens is 246 g/mol. The summed E-state index contributed by atoms with van der Waals surface area (Å²) < 4.78 is 2.05. The van der Waals surface area contributed by atoms with Gasteiger partial charge in [0.25, 0.3) is 0 Å². The summed E-state index contributed by atoms with van der Waals surface area (Å²) in [5, 5.41) is 4.65. The quantitative estimate of drug-likeness (QED) is 0.906. The lowest BCUT2D eigenvalue weighted by Gasteiger charge is -2.34. The molecule has 1 aromatic heterocycles. The van der Waals surface area contributed by atoms with Gasteiger partial charge in [-0.3, -0.25) is 4.68 Å². The smallest absolute Gasteiger partial charge is 0.0640 e. The molecular formula is C17H23N3. The van der Waals surface area contributed by atoms with Gasteiger partial charge in [0.15, 0.2) is 0 Å². The van der Waals surface area contributed by atoms with Crippen molar-refractivity contribution in [1.29, 1.82) is 0 Å². The van der Waals surface area contributed by atoms with E-state index in [2.05, 4.69) is 60.2 Å². The molecule has 3 nitrogen and oxygen atoms in total. The minimum absolute atomic E-state index is 0.171. The van der Waals surface area contributed by atoms with Gasteiger partial charge in [0.05, 0.1) is 5.69 Å². The number of hydrogen-bond acceptors (Lipinski definition) is 2. The van der Waals surface area contributed by atoms with Gasteiger partial charge in [0, 0.05) is 30.6 Å². The molecule has 20 heavy (non-hydrogen) atoms. The van der Waals surface area contributed by atoms with E-state index in [0.717, 1.165) is 25.0 Å². The fraction of sp³-hybridized carbons (Fsp3) is 0.471. The number of fused-ring (bicyclic) bond motifs is 1. The molecule has 0 saturated carbocycles. The Hall–Kier alpha value is -1.61. The summed E-state index contributed by atoms with van der Waals surface area (Å²) in [6.45, 7) is 4.38. The first-order chi connectivity index (χ1) is 9.69. The second kappa shape index (κ2) is 5.41. The Labute approximate surface area is 120 Å². The number of rotatable bonds is 5. The molecule has 1 aliphatic carbocycles. The third-order valence-electron chi connectivity index (χ3n) is 4.56. The molecule has 1 aromatic carbocycles. The molecule has 106 valence electrons. The standard InChI is InChI=1S/C17H23N3/c1-3-12(2)20-9-8-14(19-20)11-17(18)16-10-13-6-4-5-7-15(13)16/h4-9,12,16-17H,3,10-11,18H2,1-2H3. The zero-order valence-electron chi connectivity index (χ0n) is 12.3. The molecule has 0 radical (unpaired) electrons. The minimum Gasteiger partial charge on any atom is -0.327 e. The zero-order chi connectivity index (χ0) is 14.1. The number of hydrogen-bond donors (Lipinski definition) is 1. The molecule has 0 aliphatic heterocycles. The first kappa shape index (κ1) is 13.4. The van der Waals surface area contributed by atoms with Gasteiger partial charge in [-0.25, -0.2) is 0 Å². The average molecular weight is 269 g/mol. The second-order valence-corrected chi connectivity index (χ2v) is 5.92. The summed E-state index contributed by atoms with van der Waals surface area (Å²) >= 11 is 0. The van der Waals surface area contributed by atoms with E-state index in [0.29, 0.717) is 12.0 Å². The topological polar surface area (TPSA) is 43.8 Å². The van der Waals surface area contributed by atoms with Gasteiger partial charge in [0.2, 0.25) is 0 Å². The summed E-state index contributed by atoms with van der Waals surface area (Å²) in [5.41, 5.74) is 10.4. The van der Waals surface area contributed by atoms with Crippen molar-refractivity contribution in [1.82, 2.24) is 9.78 Å². The van der Waals surface area contributed by atoms with Crippen LogP contribution in [0.1, 0.15) is 49.0 Å². The number of aromatic nitrogens is 2. The van der Waals surface area contributed by atoms with Crippen LogP contribution in [0.3, 0.4) is 0 Å². The molecule has 3 heteroatoms. The molecule has 0 saturated heterocycles. The highest BCUT2D eigenvalue weighted by molar-refractivity contribution is 5.41. The maximum Gasteiger partial charge on any atom is 0.0640 e. The summed E-state index contributed by atoms with van der Waals surface area (Å²) in [4.78, 5) is 0. The van der Waals surface area contributed by atoms with Crippen LogP contribution in [0.2, 0.25) is 0 Å². The minimum atomic E-state index is 0.171. The van der Waals surface area contributed by atoms with E-state index in [1.54, 1.807) is 0 Å². The van der Waals surface area contributed by atoms with Gasteiger partial charge in [-0.05, 0) is 37.0 Å². The van der Waals surface area contributed by atoms with Crippen molar-refractivity contribution < 1.29 is 0 Å². The van der Waals surface area contributed by atoms with Crippen LogP contribution in [0.25, 0.3) is 0 Å². The lowest BCUT2D eigenvalue weighted by atomic mass is 9.73. The summed E-state index contributed by atoms with van der Waals surface area (Å²) in [6, 6.07) is 11.4. The highest BCUT2D eigenvalue weighted by Crippen LogP contribution is 2.37. The van der Waals surface area contributed by atoms with Crippen molar-refractivity contribution >= 4 is 0 Å². The predicted octanol–water partition coefficient (Wildman–Crippen LogP) is 3.06. The fourth-order valence-corrected chi connectivity index (χ4v) is 2.98. The number of benzene rings is 1. The van der Waals surface area contributed by atoms with Gasteiger partial charge in [0.1, 0.15) is 0 Å². The van der Waals surface area contributed by atoms with Crippen LogP contribution in [0.4, 0.5) is 0 Å². The lowest BCUT2D eigenvalue weighted by Crippen LogP contribution is -2.37. The molecule has 3 atom stereocenters. The van der Waals surface area contributed by atoms with E-state index in [1.165, 1.54) is 11.1 Å². The van der Waals surface area contributed by atoms with Crippen LogP contribution < -0.4 is 5.73 Å². The third kappa shape index (κ3) is 2.38. The third-order valence-corrected chi connectivity index (χ3v) is 4.56. The van der Waals surface area contributed by atoms with E-state index < -0.39 is 0 Å². The predicted molar refractivity (Wildman–Crippen MR) is 81.8 cm³/mol. The molecule has 1 heterocycles. The average Bonchev–Trinajstić information content (AvgIpc) is 2.87. The molecule has 3 rings (SSSR count). The Morgan fingerprint density at radius 3 is 2.90 bits per heavy atom. The Morgan fingerprint density at radius 1 is 1.35 bits per heavy atom.